The third-order valence-electron chi connectivity index (χ3n) is 2.61. The molecule has 0 heterocycles. The van der Waals surface area contributed by atoms with E-state index in [9.17, 15) is 19.8 Å². The quantitative estimate of drug-likeness (QED) is 0.587. The van der Waals surface area contributed by atoms with Crippen LogP contribution in [-0.4, -0.2) is 33.3 Å². The molecule has 0 aliphatic rings. The van der Waals surface area contributed by atoms with Gasteiger partial charge in [0.05, 0.1) is 18.1 Å². The molecule has 6 heteroatoms. The monoisotopic (exact) mass is 253 g/mol. The SMILES string of the molecule is Cc1ccc(C(O)C(O)CC(N)=O)cc1C(=O)O. The number of carbonyl (C=O) groups is 2. The van der Waals surface area contributed by atoms with E-state index in [2.05, 4.69) is 0 Å². The molecule has 0 spiro atoms. The number of aliphatic hydroxyl groups is 2. The largest absolute Gasteiger partial charge is 0.478 e. The molecule has 0 saturated carbocycles. The zero-order chi connectivity index (χ0) is 13.9. The molecule has 0 saturated heterocycles. The normalized spacial score (nSPS) is 13.9. The molecule has 98 valence electrons. The minimum absolute atomic E-state index is 0.0397. The summed E-state index contributed by atoms with van der Waals surface area (Å²) in [7, 11) is 0. The van der Waals surface area contributed by atoms with Crippen molar-refractivity contribution in [2.24, 2.45) is 5.73 Å². The highest BCUT2D eigenvalue weighted by molar-refractivity contribution is 5.89. The molecule has 2 atom stereocenters. The molecule has 0 radical (unpaired) electrons. The number of rotatable bonds is 5. The Bertz CT molecular complexity index is 472. The van der Waals surface area contributed by atoms with E-state index in [1.165, 1.54) is 18.2 Å². The van der Waals surface area contributed by atoms with Gasteiger partial charge in [0.25, 0.3) is 0 Å². The van der Waals surface area contributed by atoms with Crippen LogP contribution in [0.2, 0.25) is 0 Å². The van der Waals surface area contributed by atoms with Crippen molar-refractivity contribution in [3.8, 4) is 0 Å². The minimum Gasteiger partial charge on any atom is -0.478 e. The van der Waals surface area contributed by atoms with Gasteiger partial charge in [-0.15, -0.1) is 0 Å². The van der Waals surface area contributed by atoms with Gasteiger partial charge in [0.1, 0.15) is 6.10 Å². The highest BCUT2D eigenvalue weighted by Crippen LogP contribution is 2.21. The lowest BCUT2D eigenvalue weighted by molar-refractivity contribution is -0.121. The Hall–Kier alpha value is -1.92. The zero-order valence-corrected chi connectivity index (χ0v) is 9.83. The van der Waals surface area contributed by atoms with Crippen molar-refractivity contribution in [3.05, 3.63) is 34.9 Å². The van der Waals surface area contributed by atoms with Crippen molar-refractivity contribution in [1.82, 2.24) is 0 Å². The van der Waals surface area contributed by atoms with Gasteiger partial charge >= 0.3 is 5.97 Å². The predicted molar refractivity (Wildman–Crippen MR) is 62.9 cm³/mol. The molecule has 0 bridgehead atoms. The minimum atomic E-state index is -1.35. The summed E-state index contributed by atoms with van der Waals surface area (Å²) in [4.78, 5) is 21.6. The summed E-state index contributed by atoms with van der Waals surface area (Å²) < 4.78 is 0. The maximum atomic E-state index is 10.9. The number of hydrogen-bond acceptors (Lipinski definition) is 4. The van der Waals surface area contributed by atoms with E-state index in [1.807, 2.05) is 0 Å². The average Bonchev–Trinajstić information content (AvgIpc) is 2.27. The van der Waals surface area contributed by atoms with Crippen molar-refractivity contribution >= 4 is 11.9 Å². The van der Waals surface area contributed by atoms with E-state index in [0.717, 1.165) is 0 Å². The van der Waals surface area contributed by atoms with Crippen LogP contribution in [0.15, 0.2) is 18.2 Å². The zero-order valence-electron chi connectivity index (χ0n) is 9.83. The van der Waals surface area contributed by atoms with Crippen LogP contribution in [0, 0.1) is 6.92 Å². The maximum absolute atomic E-state index is 10.9. The number of hydrogen-bond donors (Lipinski definition) is 4. The number of aromatic carboxylic acids is 1. The second kappa shape index (κ2) is 5.61. The Kier molecular flexibility index (Phi) is 4.41. The third kappa shape index (κ3) is 3.28. The van der Waals surface area contributed by atoms with E-state index >= 15 is 0 Å². The molecule has 5 N–H and O–H groups in total. The Balaban J connectivity index is 2.99. The summed E-state index contributed by atoms with van der Waals surface area (Å²) in [5.41, 5.74) is 5.72. The number of primary amides is 1. The van der Waals surface area contributed by atoms with E-state index in [4.69, 9.17) is 10.8 Å². The van der Waals surface area contributed by atoms with Crippen LogP contribution in [0.1, 0.15) is 34.0 Å². The van der Waals surface area contributed by atoms with Gasteiger partial charge in [-0.05, 0) is 24.1 Å². The topological polar surface area (TPSA) is 121 Å². The molecular weight excluding hydrogens is 238 g/mol. The number of carboxylic acid groups (broad SMARTS) is 1. The fourth-order valence-electron chi connectivity index (χ4n) is 1.59. The smallest absolute Gasteiger partial charge is 0.335 e. The Morgan fingerprint density at radius 2 is 1.94 bits per heavy atom. The van der Waals surface area contributed by atoms with E-state index in [1.54, 1.807) is 6.92 Å². The highest BCUT2D eigenvalue weighted by atomic mass is 16.4. The van der Waals surface area contributed by atoms with Crippen molar-refractivity contribution in [3.63, 3.8) is 0 Å². The predicted octanol–water partition coefficient (Wildman–Crippen LogP) is -0.0371. The van der Waals surface area contributed by atoms with Crippen LogP contribution in [0.3, 0.4) is 0 Å². The van der Waals surface area contributed by atoms with Crippen molar-refractivity contribution in [2.45, 2.75) is 25.6 Å². The average molecular weight is 253 g/mol. The molecule has 2 unspecified atom stereocenters. The first-order valence-corrected chi connectivity index (χ1v) is 5.31. The summed E-state index contributed by atoms with van der Waals surface area (Å²) in [5.74, 6) is -1.86. The lowest BCUT2D eigenvalue weighted by Crippen LogP contribution is -2.25. The molecule has 1 rings (SSSR count). The Labute approximate surface area is 104 Å². The number of carbonyl (C=O) groups excluding carboxylic acids is 1. The maximum Gasteiger partial charge on any atom is 0.335 e. The lowest BCUT2D eigenvalue weighted by atomic mass is 9.97. The van der Waals surface area contributed by atoms with Gasteiger partial charge in [0.2, 0.25) is 5.91 Å². The number of aryl methyl sites for hydroxylation is 1. The van der Waals surface area contributed by atoms with Crippen LogP contribution in [0.5, 0.6) is 0 Å². The van der Waals surface area contributed by atoms with Crippen LogP contribution >= 0.6 is 0 Å². The fourth-order valence-corrected chi connectivity index (χ4v) is 1.59. The van der Waals surface area contributed by atoms with E-state index in [-0.39, 0.29) is 11.1 Å². The second-order valence-corrected chi connectivity index (χ2v) is 4.06. The summed E-state index contributed by atoms with van der Waals surface area (Å²) in [6, 6.07) is 4.29. The summed E-state index contributed by atoms with van der Waals surface area (Å²) in [5, 5.41) is 28.3. The standard InChI is InChI=1S/C12H15NO5/c1-6-2-3-7(4-8(6)12(17)18)11(16)9(14)5-10(13)15/h2-4,9,11,14,16H,5H2,1H3,(H2,13,15)(H,17,18). The van der Waals surface area contributed by atoms with Gasteiger partial charge in [-0.3, -0.25) is 4.79 Å². The first kappa shape index (κ1) is 14.1. The van der Waals surface area contributed by atoms with Gasteiger partial charge in [-0.1, -0.05) is 12.1 Å². The summed E-state index contributed by atoms with van der Waals surface area (Å²) in [6.07, 6.45) is -3.10. The van der Waals surface area contributed by atoms with Gasteiger partial charge in [0.15, 0.2) is 0 Å². The summed E-state index contributed by atoms with van der Waals surface area (Å²) in [6.45, 7) is 1.62. The number of aliphatic hydroxyl groups excluding tert-OH is 2. The van der Waals surface area contributed by atoms with Crippen molar-refractivity contribution in [1.29, 1.82) is 0 Å². The molecule has 0 fully saturated rings. The van der Waals surface area contributed by atoms with Crippen LogP contribution in [0.4, 0.5) is 0 Å². The molecule has 6 nitrogen and oxygen atoms in total. The first-order chi connectivity index (χ1) is 8.32. The first-order valence-electron chi connectivity index (χ1n) is 5.31. The third-order valence-corrected chi connectivity index (χ3v) is 2.61. The van der Waals surface area contributed by atoms with Gasteiger partial charge < -0.3 is 21.1 Å². The number of amides is 1. The second-order valence-electron chi connectivity index (χ2n) is 4.06. The molecule has 1 amide bonds. The number of nitrogens with two attached hydrogens (primary N) is 1. The molecule has 0 aromatic heterocycles. The van der Waals surface area contributed by atoms with Gasteiger partial charge in [-0.25, -0.2) is 4.79 Å². The summed E-state index contributed by atoms with van der Waals surface area (Å²) >= 11 is 0. The van der Waals surface area contributed by atoms with Crippen molar-refractivity contribution < 1.29 is 24.9 Å². The Morgan fingerprint density at radius 1 is 1.33 bits per heavy atom. The molecular formula is C12H15NO5. The Morgan fingerprint density at radius 3 is 2.44 bits per heavy atom. The fraction of sp³-hybridized carbons (Fsp3) is 0.333. The van der Waals surface area contributed by atoms with Crippen LogP contribution in [0.25, 0.3) is 0 Å². The van der Waals surface area contributed by atoms with Gasteiger partial charge in [-0.2, -0.15) is 0 Å². The van der Waals surface area contributed by atoms with E-state index in [0.29, 0.717) is 5.56 Å². The molecule has 1 aromatic rings. The number of benzene rings is 1. The highest BCUT2D eigenvalue weighted by Gasteiger charge is 2.21. The lowest BCUT2D eigenvalue weighted by Gasteiger charge is -2.17. The molecule has 1 aromatic carbocycles. The molecule has 18 heavy (non-hydrogen) atoms. The van der Waals surface area contributed by atoms with Crippen molar-refractivity contribution in [2.75, 3.05) is 0 Å². The van der Waals surface area contributed by atoms with Crippen LogP contribution < -0.4 is 5.73 Å². The van der Waals surface area contributed by atoms with Crippen LogP contribution in [-0.2, 0) is 4.79 Å². The molecule has 0 aliphatic heterocycles. The number of carboxylic acids is 1. The van der Waals surface area contributed by atoms with Gasteiger partial charge in [0, 0.05) is 0 Å². The molecule has 0 aliphatic carbocycles. The van der Waals surface area contributed by atoms with E-state index < -0.39 is 30.5 Å².